The molecule has 0 saturated carbocycles. The minimum absolute atomic E-state index is 0.00159. The number of nitrogens with zero attached hydrogens (tertiary/aromatic N) is 3. The number of pyridine rings is 1. The molecule has 5 rings (SSSR count). The minimum Gasteiger partial charge on any atom is -0.344 e. The predicted octanol–water partition coefficient (Wildman–Crippen LogP) is 6.37. The van der Waals surface area contributed by atoms with Gasteiger partial charge in [-0.05, 0) is 70.9 Å². The zero-order chi connectivity index (χ0) is 20.5. The van der Waals surface area contributed by atoms with E-state index in [0.29, 0.717) is 0 Å². The number of benzene rings is 2. The van der Waals surface area contributed by atoms with Gasteiger partial charge in [0.25, 0.3) is 0 Å². The van der Waals surface area contributed by atoms with Crippen LogP contribution in [-0.2, 0) is 6.42 Å². The molecule has 148 valence electrons. The van der Waals surface area contributed by atoms with Crippen LogP contribution in [0.3, 0.4) is 0 Å². The summed E-state index contributed by atoms with van der Waals surface area (Å²) in [5.41, 5.74) is 11.6. The average Bonchev–Trinajstić information content (AvgIpc) is 3.15. The second-order valence-corrected chi connectivity index (χ2v) is 9.42. The molecule has 0 saturated heterocycles. The van der Waals surface area contributed by atoms with Crippen LogP contribution in [0.5, 0.6) is 0 Å². The number of hydrogen-bond donors (Lipinski definition) is 0. The van der Waals surface area contributed by atoms with Gasteiger partial charge in [0, 0.05) is 34.5 Å². The van der Waals surface area contributed by atoms with E-state index in [2.05, 4.69) is 99.9 Å². The molecule has 0 spiro atoms. The maximum Gasteiger partial charge on any atom is 0.104 e. The lowest BCUT2D eigenvalue weighted by Crippen LogP contribution is -2.49. The normalized spacial score (nSPS) is 17.4. The van der Waals surface area contributed by atoms with E-state index in [1.807, 2.05) is 0 Å². The molecule has 1 atom stereocenters. The first-order chi connectivity index (χ1) is 13.8. The minimum atomic E-state index is 0.00159. The van der Waals surface area contributed by atoms with Gasteiger partial charge < -0.3 is 9.80 Å². The summed E-state index contributed by atoms with van der Waals surface area (Å²) in [5, 5.41) is 0. The molecule has 1 aliphatic carbocycles. The van der Waals surface area contributed by atoms with Gasteiger partial charge in [0.1, 0.15) is 6.17 Å². The van der Waals surface area contributed by atoms with Gasteiger partial charge in [-0.1, -0.05) is 30.3 Å². The topological polar surface area (TPSA) is 19.4 Å². The molecule has 0 N–H and O–H groups in total. The summed E-state index contributed by atoms with van der Waals surface area (Å²) in [7, 11) is 0. The van der Waals surface area contributed by atoms with Crippen LogP contribution in [0.4, 0.5) is 17.1 Å². The Bertz CT molecular complexity index is 1120. The fraction of sp³-hybridized carbons (Fsp3) is 0.346. The summed E-state index contributed by atoms with van der Waals surface area (Å²) in [6.07, 6.45) is 1.16. The van der Waals surface area contributed by atoms with Crippen LogP contribution < -0.4 is 9.80 Å². The molecule has 1 aliphatic heterocycles. The third kappa shape index (κ3) is 2.60. The van der Waals surface area contributed by atoms with Crippen molar-refractivity contribution in [3.05, 3.63) is 71.0 Å². The fourth-order valence-corrected chi connectivity index (χ4v) is 5.23. The van der Waals surface area contributed by atoms with Crippen LogP contribution in [-0.4, -0.2) is 16.7 Å². The Hall–Kier alpha value is -2.81. The van der Waals surface area contributed by atoms with Gasteiger partial charge in [0.15, 0.2) is 0 Å². The van der Waals surface area contributed by atoms with Crippen molar-refractivity contribution >= 4 is 17.1 Å². The molecule has 3 aromatic rings. The first-order valence-electron chi connectivity index (χ1n) is 10.5. The van der Waals surface area contributed by atoms with Crippen molar-refractivity contribution in [2.75, 3.05) is 9.80 Å². The second kappa shape index (κ2) is 6.09. The van der Waals surface area contributed by atoms with Crippen LogP contribution in [0.25, 0.3) is 11.1 Å². The fourth-order valence-electron chi connectivity index (χ4n) is 5.23. The summed E-state index contributed by atoms with van der Waals surface area (Å²) in [6, 6.07) is 17.8. The standard InChI is InChI=1S/C26H29N3/c1-16-9-7-8-10-22(16)28-18(3)29(26(4,5)6)25-23(28)14-12-19-15-21-20(24(19)25)13-11-17(2)27-21/h7-14,18H,15H2,1-6H3/t18-/m1/s1. The number of rotatable bonds is 1. The SMILES string of the molecule is Cc1ccc2c(n1)Cc1ccc3c(c1-2)N(C(C)(C)C)[C@H](C)N3c1ccccc1C. The van der Waals surface area contributed by atoms with Gasteiger partial charge in [-0.15, -0.1) is 0 Å². The van der Waals surface area contributed by atoms with E-state index in [0.717, 1.165) is 12.1 Å². The number of anilines is 3. The molecule has 0 fully saturated rings. The van der Waals surface area contributed by atoms with Gasteiger partial charge in [0.2, 0.25) is 0 Å². The first-order valence-corrected chi connectivity index (χ1v) is 10.5. The van der Waals surface area contributed by atoms with Gasteiger partial charge in [-0.25, -0.2) is 0 Å². The number of fused-ring (bicyclic) bond motifs is 5. The molecular weight excluding hydrogens is 354 g/mol. The lowest BCUT2D eigenvalue weighted by Gasteiger charge is -2.40. The van der Waals surface area contributed by atoms with Gasteiger partial charge in [0.05, 0.1) is 17.1 Å². The highest BCUT2D eigenvalue weighted by molar-refractivity contribution is 5.99. The highest BCUT2D eigenvalue weighted by atomic mass is 15.4. The molecule has 0 amide bonds. The van der Waals surface area contributed by atoms with Crippen molar-refractivity contribution < 1.29 is 0 Å². The molecule has 0 unspecified atom stereocenters. The number of aromatic nitrogens is 1. The van der Waals surface area contributed by atoms with E-state index < -0.39 is 0 Å². The Balaban J connectivity index is 1.80. The molecule has 0 bridgehead atoms. The van der Waals surface area contributed by atoms with E-state index in [1.54, 1.807) is 0 Å². The smallest absolute Gasteiger partial charge is 0.104 e. The van der Waals surface area contributed by atoms with Gasteiger partial charge >= 0.3 is 0 Å². The van der Waals surface area contributed by atoms with Crippen LogP contribution in [0, 0.1) is 13.8 Å². The monoisotopic (exact) mass is 383 g/mol. The maximum absolute atomic E-state index is 4.86. The molecule has 2 heterocycles. The van der Waals surface area contributed by atoms with Crippen molar-refractivity contribution in [3.63, 3.8) is 0 Å². The number of hydrogen-bond acceptors (Lipinski definition) is 3. The summed E-state index contributed by atoms with van der Waals surface area (Å²) in [5.74, 6) is 0. The summed E-state index contributed by atoms with van der Waals surface area (Å²) in [4.78, 5) is 9.97. The van der Waals surface area contributed by atoms with Crippen LogP contribution >= 0.6 is 0 Å². The van der Waals surface area contributed by atoms with E-state index in [9.17, 15) is 0 Å². The van der Waals surface area contributed by atoms with Gasteiger partial charge in [-0.3, -0.25) is 4.98 Å². The molecule has 1 aromatic heterocycles. The van der Waals surface area contributed by atoms with Gasteiger partial charge in [-0.2, -0.15) is 0 Å². The first kappa shape index (κ1) is 18.2. The molecule has 2 aliphatic rings. The Kier molecular flexibility index (Phi) is 3.83. The summed E-state index contributed by atoms with van der Waals surface area (Å²) >= 11 is 0. The lowest BCUT2D eigenvalue weighted by atomic mass is 9.98. The zero-order valence-electron chi connectivity index (χ0n) is 18.2. The van der Waals surface area contributed by atoms with Crippen molar-refractivity contribution in [2.24, 2.45) is 0 Å². The van der Waals surface area contributed by atoms with E-state index in [-0.39, 0.29) is 11.7 Å². The molecule has 3 heteroatoms. The summed E-state index contributed by atoms with van der Waals surface area (Å²) < 4.78 is 0. The number of para-hydroxylation sites is 1. The molecule has 2 aromatic carbocycles. The van der Waals surface area contributed by atoms with E-state index in [4.69, 9.17) is 4.98 Å². The second-order valence-electron chi connectivity index (χ2n) is 9.42. The van der Waals surface area contributed by atoms with Crippen molar-refractivity contribution in [1.29, 1.82) is 0 Å². The quantitative estimate of drug-likeness (QED) is 0.380. The molecule has 0 radical (unpaired) electrons. The third-order valence-corrected chi connectivity index (χ3v) is 6.33. The average molecular weight is 384 g/mol. The molecular formula is C26H29N3. The largest absolute Gasteiger partial charge is 0.344 e. The Morgan fingerprint density at radius 3 is 2.41 bits per heavy atom. The van der Waals surface area contributed by atoms with Crippen LogP contribution in [0.15, 0.2) is 48.5 Å². The Labute approximate surface area is 174 Å². The molecule has 29 heavy (non-hydrogen) atoms. The maximum atomic E-state index is 4.86. The van der Waals surface area contributed by atoms with E-state index in [1.165, 1.54) is 45.0 Å². The third-order valence-electron chi connectivity index (χ3n) is 6.33. The van der Waals surface area contributed by atoms with Crippen LogP contribution in [0.2, 0.25) is 0 Å². The zero-order valence-corrected chi connectivity index (χ0v) is 18.2. The number of aryl methyl sites for hydroxylation is 2. The highest BCUT2D eigenvalue weighted by Gasteiger charge is 2.43. The summed E-state index contributed by atoms with van der Waals surface area (Å²) in [6.45, 7) is 13.6. The van der Waals surface area contributed by atoms with Crippen molar-refractivity contribution in [1.82, 2.24) is 4.98 Å². The van der Waals surface area contributed by atoms with Crippen LogP contribution in [0.1, 0.15) is 50.2 Å². The van der Waals surface area contributed by atoms with E-state index >= 15 is 0 Å². The lowest BCUT2D eigenvalue weighted by molar-refractivity contribution is 0.469. The highest BCUT2D eigenvalue weighted by Crippen LogP contribution is 2.55. The Morgan fingerprint density at radius 1 is 0.931 bits per heavy atom. The van der Waals surface area contributed by atoms with Crippen molar-refractivity contribution in [2.45, 2.75) is 59.7 Å². The molecule has 3 nitrogen and oxygen atoms in total. The Morgan fingerprint density at radius 2 is 1.69 bits per heavy atom. The predicted molar refractivity (Wildman–Crippen MR) is 122 cm³/mol. The van der Waals surface area contributed by atoms with Crippen molar-refractivity contribution in [3.8, 4) is 11.1 Å².